The number of hydrogen-bond acceptors (Lipinski definition) is 4. The van der Waals surface area contributed by atoms with Gasteiger partial charge in [0.1, 0.15) is 6.07 Å². The lowest BCUT2D eigenvalue weighted by Crippen LogP contribution is -2.23. The number of fused-ring (bicyclic) bond motifs is 2. The van der Waals surface area contributed by atoms with Crippen molar-refractivity contribution in [1.82, 2.24) is 0 Å². The van der Waals surface area contributed by atoms with Gasteiger partial charge >= 0.3 is 5.97 Å². The molecule has 0 heterocycles. The van der Waals surface area contributed by atoms with Crippen LogP contribution in [0.15, 0.2) is 18.2 Å². The van der Waals surface area contributed by atoms with Crippen LogP contribution in [-0.4, -0.2) is 18.5 Å². The van der Waals surface area contributed by atoms with E-state index < -0.39 is 5.91 Å². The summed E-state index contributed by atoms with van der Waals surface area (Å²) in [4.78, 5) is 23.9. The molecule has 5 nitrogen and oxygen atoms in total. The van der Waals surface area contributed by atoms with E-state index in [0.717, 1.165) is 12.3 Å². The van der Waals surface area contributed by atoms with E-state index in [4.69, 9.17) is 21.6 Å². The third kappa shape index (κ3) is 3.88. The number of nitriles is 1. The lowest BCUT2D eigenvalue weighted by atomic mass is 9.86. The van der Waals surface area contributed by atoms with Crippen LogP contribution in [-0.2, 0) is 14.3 Å². The number of hydrogen-bond donors (Lipinski definition) is 1. The Balaban J connectivity index is 1.46. The second-order valence-electron chi connectivity index (χ2n) is 6.65. The molecule has 126 valence electrons. The first-order chi connectivity index (χ1) is 11.5. The summed E-state index contributed by atoms with van der Waals surface area (Å²) in [5, 5.41) is 12.0. The maximum Gasteiger partial charge on any atom is 0.306 e. The van der Waals surface area contributed by atoms with E-state index in [9.17, 15) is 9.59 Å². The average molecular weight is 347 g/mol. The number of ether oxygens (including phenoxy) is 1. The summed E-state index contributed by atoms with van der Waals surface area (Å²) in [5.41, 5.74) is 0.625. The summed E-state index contributed by atoms with van der Waals surface area (Å²) >= 11 is 5.86. The van der Waals surface area contributed by atoms with Crippen LogP contribution in [0.25, 0.3) is 0 Å². The molecule has 1 amide bonds. The molecule has 1 aromatic carbocycles. The Hall–Kier alpha value is -2.06. The zero-order valence-electron chi connectivity index (χ0n) is 13.3. The number of benzene rings is 1. The minimum atomic E-state index is -0.477. The summed E-state index contributed by atoms with van der Waals surface area (Å²) in [6, 6.07) is 6.57. The molecular weight excluding hydrogens is 328 g/mol. The van der Waals surface area contributed by atoms with E-state index in [0.29, 0.717) is 34.5 Å². The first-order valence-electron chi connectivity index (χ1n) is 8.20. The molecule has 0 aliphatic heterocycles. The smallest absolute Gasteiger partial charge is 0.306 e. The number of halogens is 1. The summed E-state index contributed by atoms with van der Waals surface area (Å²) in [6.07, 6.45) is 5.26. The fourth-order valence-corrected chi connectivity index (χ4v) is 4.12. The molecule has 2 fully saturated rings. The van der Waals surface area contributed by atoms with E-state index >= 15 is 0 Å². The fraction of sp³-hybridized carbons (Fsp3) is 0.500. The van der Waals surface area contributed by atoms with Crippen LogP contribution in [0.3, 0.4) is 0 Å². The zero-order chi connectivity index (χ0) is 17.1. The predicted octanol–water partition coefficient (Wildman–Crippen LogP) is 3.52. The van der Waals surface area contributed by atoms with Crippen LogP contribution in [0, 0.1) is 29.1 Å². The average Bonchev–Trinajstić information content (AvgIpc) is 3.16. The number of amides is 1. The van der Waals surface area contributed by atoms with Crippen molar-refractivity contribution in [1.29, 1.82) is 5.26 Å². The van der Waals surface area contributed by atoms with Gasteiger partial charge in [0, 0.05) is 11.4 Å². The van der Waals surface area contributed by atoms with E-state index in [-0.39, 0.29) is 12.6 Å². The highest BCUT2D eigenvalue weighted by Crippen LogP contribution is 2.49. The molecule has 0 spiro atoms. The monoisotopic (exact) mass is 346 g/mol. The van der Waals surface area contributed by atoms with Gasteiger partial charge in [-0.2, -0.15) is 5.26 Å². The molecule has 6 heteroatoms. The second-order valence-corrected chi connectivity index (χ2v) is 7.09. The molecule has 0 aromatic heterocycles. The van der Waals surface area contributed by atoms with Crippen LogP contribution in [0.4, 0.5) is 5.69 Å². The maximum absolute atomic E-state index is 11.9. The van der Waals surface area contributed by atoms with E-state index in [1.807, 2.05) is 6.07 Å². The van der Waals surface area contributed by atoms with Gasteiger partial charge < -0.3 is 10.1 Å². The number of carbonyl (C=O) groups excluding carboxylic acids is 2. The molecule has 2 bridgehead atoms. The van der Waals surface area contributed by atoms with Crippen molar-refractivity contribution in [2.75, 3.05) is 11.9 Å². The van der Waals surface area contributed by atoms with E-state index in [1.54, 1.807) is 6.07 Å². The number of rotatable bonds is 5. The van der Waals surface area contributed by atoms with Crippen molar-refractivity contribution >= 4 is 29.2 Å². The molecule has 0 radical (unpaired) electrons. The molecule has 1 aromatic rings. The lowest BCUT2D eigenvalue weighted by Gasteiger charge is -2.20. The summed E-state index contributed by atoms with van der Waals surface area (Å²) in [7, 11) is 0. The van der Waals surface area contributed by atoms with Gasteiger partial charge in [0.05, 0.1) is 11.3 Å². The Kier molecular flexibility index (Phi) is 5.06. The van der Waals surface area contributed by atoms with Crippen LogP contribution in [0.5, 0.6) is 0 Å². The van der Waals surface area contributed by atoms with E-state index in [1.165, 1.54) is 31.4 Å². The van der Waals surface area contributed by atoms with Crippen molar-refractivity contribution in [3.63, 3.8) is 0 Å². The van der Waals surface area contributed by atoms with Gasteiger partial charge in [0.25, 0.3) is 5.91 Å². The summed E-state index contributed by atoms with van der Waals surface area (Å²) in [6.45, 7) is -0.350. The first-order valence-corrected chi connectivity index (χ1v) is 8.58. The molecule has 0 unspecified atom stereocenters. The number of esters is 1. The molecule has 2 saturated carbocycles. The van der Waals surface area contributed by atoms with Gasteiger partial charge in [-0.15, -0.1) is 0 Å². The van der Waals surface area contributed by atoms with Crippen molar-refractivity contribution in [2.24, 2.45) is 17.8 Å². The van der Waals surface area contributed by atoms with Crippen LogP contribution < -0.4 is 5.32 Å². The Morgan fingerprint density at radius 1 is 1.33 bits per heavy atom. The molecule has 2 aliphatic rings. The SMILES string of the molecule is N#Cc1ccc(Cl)cc1NC(=O)COC(=O)C[C@H]1C[C@@H]2CC[C@H]1C2. The normalized spacial score (nSPS) is 24.4. The number of carbonyl (C=O) groups is 2. The molecular formula is C18H19ClN2O3. The number of nitrogens with zero attached hydrogens (tertiary/aromatic N) is 1. The first kappa shape index (κ1) is 16.8. The van der Waals surface area contributed by atoms with Crippen LogP contribution >= 0.6 is 11.6 Å². The maximum atomic E-state index is 11.9. The Morgan fingerprint density at radius 2 is 2.17 bits per heavy atom. The highest BCUT2D eigenvalue weighted by molar-refractivity contribution is 6.31. The third-order valence-corrected chi connectivity index (χ3v) is 5.29. The van der Waals surface area contributed by atoms with E-state index in [2.05, 4.69) is 5.32 Å². The second kappa shape index (κ2) is 7.23. The van der Waals surface area contributed by atoms with Crippen LogP contribution in [0.1, 0.15) is 37.7 Å². The molecule has 3 rings (SSSR count). The van der Waals surface area contributed by atoms with Crippen molar-refractivity contribution in [3.8, 4) is 6.07 Å². The minimum Gasteiger partial charge on any atom is -0.456 e. The molecule has 0 saturated heterocycles. The minimum absolute atomic E-state index is 0.307. The molecule has 24 heavy (non-hydrogen) atoms. The van der Waals surface area contributed by atoms with Gasteiger partial charge in [-0.25, -0.2) is 0 Å². The predicted molar refractivity (Wildman–Crippen MR) is 89.3 cm³/mol. The van der Waals surface area contributed by atoms with Crippen molar-refractivity contribution in [3.05, 3.63) is 28.8 Å². The molecule has 1 N–H and O–H groups in total. The largest absolute Gasteiger partial charge is 0.456 e. The summed E-state index contributed by atoms with van der Waals surface area (Å²) in [5.74, 6) is 1.05. The van der Waals surface area contributed by atoms with Gasteiger partial charge in [-0.05, 0) is 55.2 Å². The van der Waals surface area contributed by atoms with Crippen LogP contribution in [0.2, 0.25) is 5.02 Å². The third-order valence-electron chi connectivity index (χ3n) is 5.05. The quantitative estimate of drug-likeness (QED) is 0.827. The summed E-state index contributed by atoms with van der Waals surface area (Å²) < 4.78 is 5.08. The van der Waals surface area contributed by atoms with Gasteiger partial charge in [-0.3, -0.25) is 9.59 Å². The fourth-order valence-electron chi connectivity index (χ4n) is 3.95. The standard InChI is InChI=1S/C18H19ClN2O3/c19-15-4-3-13(9-20)16(8-15)21-17(22)10-24-18(23)7-14-6-11-1-2-12(14)5-11/h3-4,8,11-12,14H,1-2,5-7,10H2,(H,21,22)/t11-,12+,14-/m1/s1. The van der Waals surface area contributed by atoms with Gasteiger partial charge in [-0.1, -0.05) is 18.0 Å². The number of anilines is 1. The Labute approximate surface area is 145 Å². The topological polar surface area (TPSA) is 79.2 Å². The van der Waals surface area contributed by atoms with Crippen molar-refractivity contribution < 1.29 is 14.3 Å². The zero-order valence-corrected chi connectivity index (χ0v) is 14.0. The highest BCUT2D eigenvalue weighted by Gasteiger charge is 2.40. The van der Waals surface area contributed by atoms with Crippen molar-refractivity contribution in [2.45, 2.75) is 32.1 Å². The molecule has 2 aliphatic carbocycles. The molecule has 3 atom stereocenters. The van der Waals surface area contributed by atoms with Gasteiger partial charge in [0.2, 0.25) is 0 Å². The highest BCUT2D eigenvalue weighted by atomic mass is 35.5. The Bertz CT molecular complexity index is 698. The Morgan fingerprint density at radius 3 is 2.83 bits per heavy atom. The lowest BCUT2D eigenvalue weighted by molar-refractivity contribution is -0.148. The number of nitrogens with one attached hydrogen (secondary N) is 1. The van der Waals surface area contributed by atoms with Gasteiger partial charge in [0.15, 0.2) is 6.61 Å².